The van der Waals surface area contributed by atoms with E-state index in [1.165, 1.54) is 12.1 Å². The van der Waals surface area contributed by atoms with Crippen molar-refractivity contribution in [1.82, 2.24) is 4.72 Å². The molecule has 0 fully saturated rings. The predicted molar refractivity (Wildman–Crippen MR) is 78.0 cm³/mol. The summed E-state index contributed by atoms with van der Waals surface area (Å²) in [5.74, 6) is 0. The molecule has 20 heavy (non-hydrogen) atoms. The molecule has 0 spiro atoms. The minimum Gasteiger partial charge on any atom is -0.387 e. The van der Waals surface area contributed by atoms with Gasteiger partial charge in [-0.15, -0.1) is 0 Å². The van der Waals surface area contributed by atoms with Gasteiger partial charge >= 0.3 is 0 Å². The minimum atomic E-state index is -3.74. The van der Waals surface area contributed by atoms with Gasteiger partial charge in [-0.05, 0) is 17.7 Å². The van der Waals surface area contributed by atoms with Gasteiger partial charge in [-0.25, -0.2) is 13.1 Å². The van der Waals surface area contributed by atoms with Crippen LogP contribution in [0.5, 0.6) is 0 Å². The largest absolute Gasteiger partial charge is 0.387 e. The van der Waals surface area contributed by atoms with E-state index in [0.29, 0.717) is 5.56 Å². The molecular formula is C14H14ClNO3S. The van der Waals surface area contributed by atoms with E-state index in [-0.39, 0.29) is 16.5 Å². The normalized spacial score (nSPS) is 13.1. The van der Waals surface area contributed by atoms with Crippen LogP contribution in [-0.2, 0) is 10.0 Å². The number of hydrogen-bond acceptors (Lipinski definition) is 3. The first-order chi connectivity index (χ1) is 9.50. The van der Waals surface area contributed by atoms with Crippen molar-refractivity contribution in [1.29, 1.82) is 0 Å². The molecule has 1 unspecified atom stereocenters. The van der Waals surface area contributed by atoms with Gasteiger partial charge in [0.25, 0.3) is 0 Å². The van der Waals surface area contributed by atoms with Gasteiger partial charge in [0.15, 0.2) is 0 Å². The summed E-state index contributed by atoms with van der Waals surface area (Å²) in [5.41, 5.74) is 0.648. The summed E-state index contributed by atoms with van der Waals surface area (Å²) < 4.78 is 26.5. The van der Waals surface area contributed by atoms with Crippen molar-refractivity contribution in [3.8, 4) is 0 Å². The van der Waals surface area contributed by atoms with Crippen molar-refractivity contribution < 1.29 is 13.5 Å². The van der Waals surface area contributed by atoms with Gasteiger partial charge in [-0.1, -0.05) is 54.1 Å². The van der Waals surface area contributed by atoms with Crippen LogP contribution in [0.3, 0.4) is 0 Å². The molecule has 106 valence electrons. The number of aliphatic hydroxyl groups excluding tert-OH is 1. The number of hydrogen-bond donors (Lipinski definition) is 2. The number of benzene rings is 2. The number of aliphatic hydroxyl groups is 1. The van der Waals surface area contributed by atoms with Crippen molar-refractivity contribution in [2.75, 3.05) is 6.54 Å². The van der Waals surface area contributed by atoms with E-state index in [0.717, 1.165) is 0 Å². The molecule has 0 radical (unpaired) electrons. The van der Waals surface area contributed by atoms with Crippen LogP contribution in [0, 0.1) is 0 Å². The van der Waals surface area contributed by atoms with Crippen LogP contribution in [0.15, 0.2) is 59.5 Å². The maximum Gasteiger partial charge on any atom is 0.242 e. The standard InChI is InChI=1S/C14H14ClNO3S/c15-12-8-4-5-9-14(12)20(18,19)16-10-13(17)11-6-2-1-3-7-11/h1-9,13,16-17H,10H2. The van der Waals surface area contributed by atoms with E-state index in [9.17, 15) is 13.5 Å². The highest BCUT2D eigenvalue weighted by atomic mass is 35.5. The molecule has 0 saturated carbocycles. The van der Waals surface area contributed by atoms with Crippen LogP contribution in [0.2, 0.25) is 5.02 Å². The second-order valence-corrected chi connectivity index (χ2v) is 6.35. The highest BCUT2D eigenvalue weighted by molar-refractivity contribution is 7.89. The van der Waals surface area contributed by atoms with Crippen LogP contribution < -0.4 is 4.72 Å². The second kappa shape index (κ2) is 6.37. The first-order valence-corrected chi connectivity index (χ1v) is 7.84. The molecule has 2 N–H and O–H groups in total. The fourth-order valence-corrected chi connectivity index (χ4v) is 3.28. The van der Waals surface area contributed by atoms with Gasteiger partial charge in [-0.2, -0.15) is 0 Å². The average Bonchev–Trinajstić information content (AvgIpc) is 2.46. The molecule has 0 aliphatic carbocycles. The summed E-state index contributed by atoms with van der Waals surface area (Å²) in [4.78, 5) is 0.00179. The van der Waals surface area contributed by atoms with Crippen LogP contribution in [0.25, 0.3) is 0 Å². The van der Waals surface area contributed by atoms with Crippen molar-refractivity contribution in [3.05, 3.63) is 65.2 Å². The minimum absolute atomic E-state index is 0.00179. The number of rotatable bonds is 5. The van der Waals surface area contributed by atoms with Gasteiger partial charge in [0.1, 0.15) is 4.90 Å². The molecule has 0 aromatic heterocycles. The van der Waals surface area contributed by atoms with Crippen LogP contribution >= 0.6 is 11.6 Å². The lowest BCUT2D eigenvalue weighted by Crippen LogP contribution is -2.28. The van der Waals surface area contributed by atoms with E-state index < -0.39 is 16.1 Å². The van der Waals surface area contributed by atoms with Gasteiger partial charge in [-0.3, -0.25) is 0 Å². The maximum absolute atomic E-state index is 12.1. The summed E-state index contributed by atoms with van der Waals surface area (Å²) in [5, 5.41) is 10.1. The Morgan fingerprint density at radius 1 is 1.05 bits per heavy atom. The van der Waals surface area contributed by atoms with E-state index in [4.69, 9.17) is 11.6 Å². The van der Waals surface area contributed by atoms with Crippen LogP contribution in [0.4, 0.5) is 0 Å². The maximum atomic E-state index is 12.1. The summed E-state index contributed by atoms with van der Waals surface area (Å²) in [6, 6.07) is 15.0. The quantitative estimate of drug-likeness (QED) is 0.891. The van der Waals surface area contributed by atoms with Gasteiger partial charge in [0, 0.05) is 6.54 Å². The highest BCUT2D eigenvalue weighted by Crippen LogP contribution is 2.20. The van der Waals surface area contributed by atoms with Crippen molar-refractivity contribution in [2.45, 2.75) is 11.0 Å². The summed E-state index contributed by atoms with van der Waals surface area (Å²) in [6.45, 7) is -0.114. The Balaban J connectivity index is 2.09. The van der Waals surface area contributed by atoms with Gasteiger partial charge < -0.3 is 5.11 Å². The molecule has 2 rings (SSSR count). The molecule has 1 atom stereocenters. The molecule has 0 bridgehead atoms. The Kier molecular flexibility index (Phi) is 4.77. The molecule has 0 heterocycles. The highest BCUT2D eigenvalue weighted by Gasteiger charge is 2.18. The predicted octanol–water partition coefficient (Wildman–Crippen LogP) is 2.35. The molecular weight excluding hydrogens is 298 g/mol. The zero-order valence-corrected chi connectivity index (χ0v) is 12.1. The Morgan fingerprint density at radius 3 is 2.30 bits per heavy atom. The molecule has 0 saturated heterocycles. The van der Waals surface area contributed by atoms with E-state index in [2.05, 4.69) is 4.72 Å². The Bertz CT molecular complexity index is 674. The molecule has 6 heteroatoms. The average molecular weight is 312 g/mol. The second-order valence-electron chi connectivity index (χ2n) is 4.21. The lowest BCUT2D eigenvalue weighted by atomic mass is 10.1. The smallest absolute Gasteiger partial charge is 0.242 e. The van der Waals surface area contributed by atoms with Crippen LogP contribution in [-0.4, -0.2) is 20.1 Å². The third kappa shape index (κ3) is 3.58. The zero-order chi connectivity index (χ0) is 14.6. The monoisotopic (exact) mass is 311 g/mol. The first kappa shape index (κ1) is 15.0. The summed E-state index contributed by atoms with van der Waals surface area (Å²) >= 11 is 5.86. The Labute approximate surface area is 123 Å². The van der Waals surface area contributed by atoms with Gasteiger partial charge in [0.2, 0.25) is 10.0 Å². The molecule has 0 amide bonds. The first-order valence-electron chi connectivity index (χ1n) is 5.98. The fraction of sp³-hybridized carbons (Fsp3) is 0.143. The van der Waals surface area contributed by atoms with Gasteiger partial charge in [0.05, 0.1) is 11.1 Å². The zero-order valence-electron chi connectivity index (χ0n) is 10.5. The third-order valence-electron chi connectivity index (χ3n) is 2.78. The topological polar surface area (TPSA) is 66.4 Å². The van der Waals surface area contributed by atoms with Crippen LogP contribution in [0.1, 0.15) is 11.7 Å². The van der Waals surface area contributed by atoms with E-state index >= 15 is 0 Å². The summed E-state index contributed by atoms with van der Waals surface area (Å²) in [6.07, 6.45) is -0.909. The summed E-state index contributed by atoms with van der Waals surface area (Å²) in [7, 11) is -3.74. The SMILES string of the molecule is O=S(=O)(NCC(O)c1ccccc1)c1ccccc1Cl. The van der Waals surface area contributed by atoms with E-state index in [1.54, 1.807) is 36.4 Å². The Hall–Kier alpha value is -1.40. The van der Waals surface area contributed by atoms with Crippen molar-refractivity contribution >= 4 is 21.6 Å². The van der Waals surface area contributed by atoms with E-state index in [1.807, 2.05) is 6.07 Å². The number of halogens is 1. The number of nitrogens with one attached hydrogen (secondary N) is 1. The molecule has 2 aromatic rings. The van der Waals surface area contributed by atoms with Crippen molar-refractivity contribution in [2.24, 2.45) is 0 Å². The molecule has 2 aromatic carbocycles. The lowest BCUT2D eigenvalue weighted by molar-refractivity contribution is 0.182. The third-order valence-corrected chi connectivity index (χ3v) is 4.70. The Morgan fingerprint density at radius 2 is 1.65 bits per heavy atom. The fourth-order valence-electron chi connectivity index (χ4n) is 1.72. The number of sulfonamides is 1. The molecule has 0 aliphatic rings. The molecule has 4 nitrogen and oxygen atoms in total. The molecule has 0 aliphatic heterocycles. The lowest BCUT2D eigenvalue weighted by Gasteiger charge is -2.13. The van der Waals surface area contributed by atoms with Crippen molar-refractivity contribution in [3.63, 3.8) is 0 Å².